The smallest absolute Gasteiger partial charge is 0.258 e. The zero-order valence-electron chi connectivity index (χ0n) is 13.0. The third-order valence-electron chi connectivity index (χ3n) is 3.54. The van der Waals surface area contributed by atoms with E-state index < -0.39 is 6.23 Å². The number of hydrogen-bond donors (Lipinski definition) is 1. The minimum Gasteiger partial charge on any atom is -0.493 e. The van der Waals surface area contributed by atoms with Crippen molar-refractivity contribution in [1.82, 2.24) is 5.32 Å². The summed E-state index contributed by atoms with van der Waals surface area (Å²) in [7, 11) is 1.52. The number of benzene rings is 2. The minimum absolute atomic E-state index is 0.205. The summed E-state index contributed by atoms with van der Waals surface area (Å²) in [5.41, 5.74) is 1.16. The number of ether oxygens (including phenoxy) is 3. The van der Waals surface area contributed by atoms with Crippen LogP contribution in [0.3, 0.4) is 0 Å². The predicted molar refractivity (Wildman–Crippen MR) is 91.0 cm³/mol. The SMILES string of the molecule is C=CCOc1c(Cl)cc([C@H]2NC(=O)c3ccccc3O2)cc1OC. The fourth-order valence-electron chi connectivity index (χ4n) is 2.44. The Morgan fingerprint density at radius 1 is 1.38 bits per heavy atom. The van der Waals surface area contributed by atoms with Gasteiger partial charge in [-0.25, -0.2) is 0 Å². The molecule has 1 heterocycles. The van der Waals surface area contributed by atoms with E-state index in [4.69, 9.17) is 25.8 Å². The highest BCUT2D eigenvalue weighted by molar-refractivity contribution is 6.32. The van der Waals surface area contributed by atoms with Crippen molar-refractivity contribution in [3.63, 3.8) is 0 Å². The predicted octanol–water partition coefficient (Wildman–Crippen LogP) is 3.73. The van der Waals surface area contributed by atoms with E-state index in [9.17, 15) is 4.79 Å². The van der Waals surface area contributed by atoms with Gasteiger partial charge in [0.25, 0.3) is 5.91 Å². The molecule has 24 heavy (non-hydrogen) atoms. The summed E-state index contributed by atoms with van der Waals surface area (Å²) in [4.78, 5) is 12.2. The van der Waals surface area contributed by atoms with Gasteiger partial charge in [0.2, 0.25) is 0 Å². The summed E-state index contributed by atoms with van der Waals surface area (Å²) in [6.07, 6.45) is 0.956. The molecule has 0 saturated heterocycles. The number of fused-ring (bicyclic) bond motifs is 1. The van der Waals surface area contributed by atoms with Crippen LogP contribution in [0, 0.1) is 0 Å². The Kier molecular flexibility index (Phi) is 4.62. The first-order chi connectivity index (χ1) is 11.6. The first-order valence-electron chi connectivity index (χ1n) is 7.31. The highest BCUT2D eigenvalue weighted by atomic mass is 35.5. The molecule has 1 amide bonds. The number of methoxy groups -OCH3 is 1. The summed E-state index contributed by atoms with van der Waals surface area (Å²) in [5, 5.41) is 3.16. The molecular weight excluding hydrogens is 330 g/mol. The highest BCUT2D eigenvalue weighted by Gasteiger charge is 2.27. The van der Waals surface area contributed by atoms with Crippen molar-refractivity contribution in [1.29, 1.82) is 0 Å². The van der Waals surface area contributed by atoms with E-state index in [1.54, 1.807) is 36.4 Å². The van der Waals surface area contributed by atoms with Crippen LogP contribution in [0.1, 0.15) is 22.1 Å². The summed E-state index contributed by atoms with van der Waals surface area (Å²) in [6.45, 7) is 3.91. The molecule has 5 nitrogen and oxygen atoms in total. The quantitative estimate of drug-likeness (QED) is 0.839. The lowest BCUT2D eigenvalue weighted by molar-refractivity contribution is 0.0755. The summed E-state index contributed by atoms with van der Waals surface area (Å²) in [6, 6.07) is 10.5. The van der Waals surface area contributed by atoms with E-state index in [-0.39, 0.29) is 5.91 Å². The third-order valence-corrected chi connectivity index (χ3v) is 3.82. The molecule has 0 spiro atoms. The van der Waals surface area contributed by atoms with Crippen LogP contribution < -0.4 is 19.5 Å². The first kappa shape index (κ1) is 16.2. The minimum atomic E-state index is -0.660. The van der Waals surface area contributed by atoms with Gasteiger partial charge in [0.1, 0.15) is 12.4 Å². The Labute approximate surface area is 144 Å². The molecule has 6 heteroatoms. The van der Waals surface area contributed by atoms with Crippen molar-refractivity contribution in [2.24, 2.45) is 0 Å². The van der Waals surface area contributed by atoms with Gasteiger partial charge in [-0.3, -0.25) is 4.79 Å². The van der Waals surface area contributed by atoms with Crippen LogP contribution in [0.4, 0.5) is 0 Å². The molecule has 0 unspecified atom stereocenters. The monoisotopic (exact) mass is 345 g/mol. The second kappa shape index (κ2) is 6.84. The number of hydrogen-bond acceptors (Lipinski definition) is 4. The van der Waals surface area contributed by atoms with Gasteiger partial charge >= 0.3 is 0 Å². The first-order valence-corrected chi connectivity index (χ1v) is 7.69. The maximum absolute atomic E-state index is 12.2. The fraction of sp³-hybridized carbons (Fsp3) is 0.167. The average Bonchev–Trinajstić information content (AvgIpc) is 2.60. The number of carbonyl (C=O) groups excluding carboxylic acids is 1. The fourth-order valence-corrected chi connectivity index (χ4v) is 2.71. The van der Waals surface area contributed by atoms with Gasteiger partial charge in [-0.2, -0.15) is 0 Å². The molecular formula is C18H16ClNO4. The molecule has 1 atom stereocenters. The molecule has 0 radical (unpaired) electrons. The molecule has 0 saturated carbocycles. The van der Waals surface area contributed by atoms with Crippen molar-refractivity contribution < 1.29 is 19.0 Å². The lowest BCUT2D eigenvalue weighted by atomic mass is 10.1. The molecule has 1 aliphatic heterocycles. The number of rotatable bonds is 5. The topological polar surface area (TPSA) is 56.8 Å². The molecule has 2 aromatic carbocycles. The van der Waals surface area contributed by atoms with Crippen LogP contribution in [0.2, 0.25) is 5.02 Å². The standard InChI is InChI=1S/C18H16ClNO4/c1-3-8-23-16-13(19)9-11(10-15(16)22-2)18-20-17(21)12-6-4-5-7-14(12)24-18/h3-7,9-10,18H,1,8H2,2H3,(H,20,21)/t18-/m0/s1. The van der Waals surface area contributed by atoms with Gasteiger partial charge in [0.05, 0.1) is 17.7 Å². The van der Waals surface area contributed by atoms with Crippen molar-refractivity contribution in [3.05, 3.63) is 65.2 Å². The molecule has 0 bridgehead atoms. The van der Waals surface area contributed by atoms with E-state index in [0.717, 1.165) is 0 Å². The number of nitrogens with one attached hydrogen (secondary N) is 1. The third kappa shape index (κ3) is 3.03. The Bertz CT molecular complexity index is 791. The van der Waals surface area contributed by atoms with Gasteiger partial charge in [-0.05, 0) is 24.3 Å². The number of halogens is 1. The number of para-hydroxylation sites is 1. The molecule has 1 N–H and O–H groups in total. The van der Waals surface area contributed by atoms with Gasteiger partial charge in [-0.15, -0.1) is 0 Å². The molecule has 124 valence electrons. The van der Waals surface area contributed by atoms with E-state index in [2.05, 4.69) is 11.9 Å². The van der Waals surface area contributed by atoms with Crippen molar-refractivity contribution in [3.8, 4) is 17.2 Å². The second-order valence-corrected chi connectivity index (χ2v) is 5.51. The van der Waals surface area contributed by atoms with Gasteiger partial charge < -0.3 is 19.5 Å². The zero-order valence-corrected chi connectivity index (χ0v) is 13.8. The normalized spacial score (nSPS) is 15.8. The second-order valence-electron chi connectivity index (χ2n) is 5.10. The maximum Gasteiger partial charge on any atom is 0.258 e. The molecule has 0 aromatic heterocycles. The lowest BCUT2D eigenvalue weighted by Gasteiger charge is -2.27. The van der Waals surface area contributed by atoms with E-state index in [1.807, 2.05) is 6.07 Å². The van der Waals surface area contributed by atoms with E-state index in [1.165, 1.54) is 7.11 Å². The van der Waals surface area contributed by atoms with Crippen LogP contribution in [0.25, 0.3) is 0 Å². The van der Waals surface area contributed by atoms with Gasteiger partial charge in [0.15, 0.2) is 17.7 Å². The van der Waals surface area contributed by atoms with Crippen molar-refractivity contribution >= 4 is 17.5 Å². The Morgan fingerprint density at radius 3 is 2.92 bits per heavy atom. The van der Waals surface area contributed by atoms with Crippen molar-refractivity contribution in [2.75, 3.05) is 13.7 Å². The lowest BCUT2D eigenvalue weighted by Crippen LogP contribution is -2.36. The summed E-state index contributed by atoms with van der Waals surface area (Å²) >= 11 is 6.30. The molecule has 0 fully saturated rings. The molecule has 0 aliphatic carbocycles. The van der Waals surface area contributed by atoms with Gasteiger partial charge in [-0.1, -0.05) is 36.4 Å². The average molecular weight is 346 g/mol. The largest absolute Gasteiger partial charge is 0.493 e. The molecule has 1 aliphatic rings. The van der Waals surface area contributed by atoms with E-state index >= 15 is 0 Å². The summed E-state index contributed by atoms with van der Waals surface area (Å²) < 4.78 is 16.7. The van der Waals surface area contributed by atoms with Crippen LogP contribution in [-0.4, -0.2) is 19.6 Å². The van der Waals surface area contributed by atoms with Crippen LogP contribution in [0.5, 0.6) is 17.2 Å². The molecule has 2 aromatic rings. The van der Waals surface area contributed by atoms with Crippen LogP contribution in [0.15, 0.2) is 49.1 Å². The van der Waals surface area contributed by atoms with Crippen LogP contribution in [-0.2, 0) is 0 Å². The Morgan fingerprint density at radius 2 is 2.17 bits per heavy atom. The van der Waals surface area contributed by atoms with Crippen LogP contribution >= 0.6 is 11.6 Å². The van der Waals surface area contributed by atoms with E-state index in [0.29, 0.717) is 40.0 Å². The van der Waals surface area contributed by atoms with Gasteiger partial charge in [0, 0.05) is 5.56 Å². The zero-order chi connectivity index (χ0) is 17.1. The Hall–Kier alpha value is -2.66. The maximum atomic E-state index is 12.2. The number of amides is 1. The molecule has 3 rings (SSSR count). The highest BCUT2D eigenvalue weighted by Crippen LogP contribution is 2.39. The Balaban J connectivity index is 1.94. The van der Waals surface area contributed by atoms with Crippen molar-refractivity contribution in [2.45, 2.75) is 6.23 Å². The summed E-state index contributed by atoms with van der Waals surface area (Å²) in [5.74, 6) is 1.19. The number of carbonyl (C=O) groups is 1.